The molecule has 114 valence electrons. The molecule has 0 saturated carbocycles. The highest BCUT2D eigenvalue weighted by Gasteiger charge is 2.12. The van der Waals surface area contributed by atoms with E-state index in [0.29, 0.717) is 0 Å². The van der Waals surface area contributed by atoms with E-state index in [0.717, 1.165) is 6.08 Å². The van der Waals surface area contributed by atoms with Crippen LogP contribution in [0.1, 0.15) is 15.9 Å². The Bertz CT molecular complexity index is 838. The SMILES string of the molecule is N#CC(=Cc1ccccc1F)C(=O)Nc1cccc(C(=O)O)c1. The molecule has 2 N–H and O–H groups in total. The topological polar surface area (TPSA) is 90.2 Å². The highest BCUT2D eigenvalue weighted by Crippen LogP contribution is 2.15. The summed E-state index contributed by atoms with van der Waals surface area (Å²) in [5.41, 5.74) is 0.0401. The van der Waals surface area contributed by atoms with Crippen molar-refractivity contribution in [3.63, 3.8) is 0 Å². The molecular formula is C17H11FN2O3. The quantitative estimate of drug-likeness (QED) is 0.670. The summed E-state index contributed by atoms with van der Waals surface area (Å²) in [6.45, 7) is 0. The highest BCUT2D eigenvalue weighted by atomic mass is 19.1. The fraction of sp³-hybridized carbons (Fsp3) is 0. The van der Waals surface area contributed by atoms with Gasteiger partial charge in [-0.3, -0.25) is 4.79 Å². The molecule has 0 atom stereocenters. The Morgan fingerprint density at radius 2 is 1.91 bits per heavy atom. The van der Waals surface area contributed by atoms with Crippen LogP contribution in [0.2, 0.25) is 0 Å². The average molecular weight is 310 g/mol. The molecule has 1 amide bonds. The Morgan fingerprint density at radius 1 is 1.17 bits per heavy atom. The summed E-state index contributed by atoms with van der Waals surface area (Å²) in [5, 5.41) is 20.4. The predicted molar refractivity (Wildman–Crippen MR) is 82.0 cm³/mol. The van der Waals surface area contributed by atoms with Gasteiger partial charge in [0.05, 0.1) is 5.56 Å². The van der Waals surface area contributed by atoms with Gasteiger partial charge in [-0.2, -0.15) is 5.26 Å². The molecule has 0 aliphatic carbocycles. The van der Waals surface area contributed by atoms with Crippen molar-refractivity contribution in [1.29, 1.82) is 5.26 Å². The van der Waals surface area contributed by atoms with E-state index in [1.54, 1.807) is 12.1 Å². The number of rotatable bonds is 4. The molecule has 0 radical (unpaired) electrons. The normalized spacial score (nSPS) is 10.7. The number of benzene rings is 2. The Balaban J connectivity index is 2.25. The van der Waals surface area contributed by atoms with Gasteiger partial charge in [-0.05, 0) is 30.3 Å². The van der Waals surface area contributed by atoms with Gasteiger partial charge in [0.15, 0.2) is 0 Å². The molecule has 0 saturated heterocycles. The number of amides is 1. The van der Waals surface area contributed by atoms with Gasteiger partial charge in [0, 0.05) is 11.3 Å². The fourth-order valence-electron chi connectivity index (χ4n) is 1.82. The van der Waals surface area contributed by atoms with Crippen molar-refractivity contribution in [3.8, 4) is 6.07 Å². The maximum atomic E-state index is 13.6. The third kappa shape index (κ3) is 4.02. The summed E-state index contributed by atoms with van der Waals surface area (Å²) < 4.78 is 13.6. The molecule has 0 heterocycles. The van der Waals surface area contributed by atoms with E-state index in [4.69, 9.17) is 10.4 Å². The van der Waals surface area contributed by atoms with Gasteiger partial charge in [0.25, 0.3) is 5.91 Å². The van der Waals surface area contributed by atoms with Crippen LogP contribution >= 0.6 is 0 Å². The molecule has 0 fully saturated rings. The van der Waals surface area contributed by atoms with Crippen LogP contribution in [-0.2, 0) is 4.79 Å². The second kappa shape index (κ2) is 7.00. The van der Waals surface area contributed by atoms with Crippen LogP contribution in [0, 0.1) is 17.1 Å². The van der Waals surface area contributed by atoms with Crippen molar-refractivity contribution >= 4 is 23.6 Å². The fourth-order valence-corrected chi connectivity index (χ4v) is 1.82. The zero-order chi connectivity index (χ0) is 16.8. The van der Waals surface area contributed by atoms with E-state index in [2.05, 4.69) is 5.32 Å². The van der Waals surface area contributed by atoms with Crippen molar-refractivity contribution in [1.82, 2.24) is 0 Å². The number of nitriles is 1. The van der Waals surface area contributed by atoms with Crippen LogP contribution in [0.25, 0.3) is 6.08 Å². The predicted octanol–water partition coefficient (Wildman–Crippen LogP) is 3.07. The van der Waals surface area contributed by atoms with Gasteiger partial charge in [-0.15, -0.1) is 0 Å². The van der Waals surface area contributed by atoms with Crippen molar-refractivity contribution in [2.75, 3.05) is 5.32 Å². The number of aromatic carboxylic acids is 1. The summed E-state index contributed by atoms with van der Waals surface area (Å²) >= 11 is 0. The molecule has 6 heteroatoms. The number of carboxylic acid groups (broad SMARTS) is 1. The van der Waals surface area contributed by atoms with Crippen LogP contribution in [0.15, 0.2) is 54.1 Å². The van der Waals surface area contributed by atoms with Gasteiger partial charge in [-0.1, -0.05) is 24.3 Å². The van der Waals surface area contributed by atoms with Crippen molar-refractivity contribution < 1.29 is 19.1 Å². The molecule has 2 aromatic carbocycles. The summed E-state index contributed by atoms with van der Waals surface area (Å²) in [5.74, 6) is -2.44. The third-order valence-corrected chi connectivity index (χ3v) is 2.94. The lowest BCUT2D eigenvalue weighted by Gasteiger charge is -2.05. The molecule has 0 spiro atoms. The van der Waals surface area contributed by atoms with Gasteiger partial charge in [-0.25, -0.2) is 9.18 Å². The number of anilines is 1. The first-order valence-electron chi connectivity index (χ1n) is 6.52. The van der Waals surface area contributed by atoms with Crippen LogP contribution in [-0.4, -0.2) is 17.0 Å². The van der Waals surface area contributed by atoms with E-state index >= 15 is 0 Å². The average Bonchev–Trinajstić information content (AvgIpc) is 2.54. The third-order valence-electron chi connectivity index (χ3n) is 2.94. The summed E-state index contributed by atoms with van der Waals surface area (Å²) in [6, 6.07) is 13.0. The van der Waals surface area contributed by atoms with E-state index in [1.165, 1.54) is 42.5 Å². The Kier molecular flexibility index (Phi) is 4.85. The van der Waals surface area contributed by atoms with Crippen LogP contribution < -0.4 is 5.32 Å². The number of hydrogen-bond acceptors (Lipinski definition) is 3. The molecule has 0 bridgehead atoms. The zero-order valence-corrected chi connectivity index (χ0v) is 11.8. The lowest BCUT2D eigenvalue weighted by molar-refractivity contribution is -0.112. The Labute approximate surface area is 131 Å². The van der Waals surface area contributed by atoms with E-state index < -0.39 is 17.7 Å². The molecule has 0 unspecified atom stereocenters. The maximum absolute atomic E-state index is 13.6. The minimum absolute atomic E-state index is 0.000564. The second-order valence-corrected chi connectivity index (χ2v) is 4.53. The van der Waals surface area contributed by atoms with Gasteiger partial charge < -0.3 is 10.4 Å². The minimum atomic E-state index is -1.14. The summed E-state index contributed by atoms with van der Waals surface area (Å²) in [4.78, 5) is 23.0. The molecule has 0 aliphatic rings. The van der Waals surface area contributed by atoms with Crippen LogP contribution in [0.4, 0.5) is 10.1 Å². The van der Waals surface area contributed by atoms with Gasteiger partial charge >= 0.3 is 5.97 Å². The first-order chi connectivity index (χ1) is 11.0. The molecule has 2 aromatic rings. The summed E-state index contributed by atoms with van der Waals surface area (Å²) in [6.07, 6.45) is 1.13. The van der Waals surface area contributed by atoms with Crippen molar-refractivity contribution in [2.45, 2.75) is 0 Å². The lowest BCUT2D eigenvalue weighted by Crippen LogP contribution is -2.14. The zero-order valence-electron chi connectivity index (χ0n) is 11.8. The largest absolute Gasteiger partial charge is 0.478 e. The van der Waals surface area contributed by atoms with Gasteiger partial charge in [0.1, 0.15) is 17.5 Å². The van der Waals surface area contributed by atoms with Crippen LogP contribution in [0.3, 0.4) is 0 Å². The minimum Gasteiger partial charge on any atom is -0.478 e. The smallest absolute Gasteiger partial charge is 0.335 e. The number of hydrogen-bond donors (Lipinski definition) is 2. The number of carbonyl (C=O) groups excluding carboxylic acids is 1. The Morgan fingerprint density at radius 3 is 2.57 bits per heavy atom. The molecule has 23 heavy (non-hydrogen) atoms. The number of carboxylic acids is 1. The number of carbonyl (C=O) groups is 2. The van der Waals surface area contributed by atoms with Gasteiger partial charge in [0.2, 0.25) is 0 Å². The molecule has 2 rings (SSSR count). The first-order valence-corrected chi connectivity index (χ1v) is 6.52. The summed E-state index contributed by atoms with van der Waals surface area (Å²) in [7, 11) is 0. The number of halogens is 1. The van der Waals surface area contributed by atoms with Crippen LogP contribution in [0.5, 0.6) is 0 Å². The molecule has 0 aliphatic heterocycles. The molecule has 0 aromatic heterocycles. The first kappa shape index (κ1) is 15.9. The molecule has 5 nitrogen and oxygen atoms in total. The highest BCUT2D eigenvalue weighted by molar-refractivity contribution is 6.10. The Hall–Kier alpha value is -3.46. The monoisotopic (exact) mass is 310 g/mol. The molecular weight excluding hydrogens is 299 g/mol. The van der Waals surface area contributed by atoms with E-state index in [9.17, 15) is 14.0 Å². The number of nitrogens with one attached hydrogen (secondary N) is 1. The van der Waals surface area contributed by atoms with E-state index in [1.807, 2.05) is 0 Å². The lowest BCUT2D eigenvalue weighted by atomic mass is 10.1. The van der Waals surface area contributed by atoms with Crippen molar-refractivity contribution in [3.05, 3.63) is 71.0 Å². The standard InChI is InChI=1S/C17H11FN2O3/c18-15-7-2-1-4-11(15)8-13(10-19)16(21)20-14-6-3-5-12(9-14)17(22)23/h1-9H,(H,20,21)(H,22,23). The van der Waals surface area contributed by atoms with E-state index in [-0.39, 0.29) is 22.4 Å². The second-order valence-electron chi connectivity index (χ2n) is 4.53. The van der Waals surface area contributed by atoms with Crippen molar-refractivity contribution in [2.24, 2.45) is 0 Å². The maximum Gasteiger partial charge on any atom is 0.335 e. The number of nitrogens with zero attached hydrogens (tertiary/aromatic N) is 1.